The summed E-state index contributed by atoms with van der Waals surface area (Å²) in [6.45, 7) is 2.27. The standard InChI is InChI=1S/C25H30F6N8O5/c1-22(2,24(26,27)28)7-6-14(34-19(40)18-20(43-5)37-44-36-18)15-11-39-16(33-15)8-13(10-32-39)9-17(42-4)38-12-23(3,25(29,30)31)35-21(38)41/h8,10-11,14,17H,6-7,9,12H2,1-5H3,(H,34,40)(H,35,41)/t14?,17?,23-/m0/s1. The van der Waals surface area contributed by atoms with Crippen molar-refractivity contribution in [3.63, 3.8) is 0 Å². The molecular weight excluding hydrogens is 606 g/mol. The van der Waals surface area contributed by atoms with E-state index in [1.165, 1.54) is 37.2 Å². The maximum absolute atomic E-state index is 13.6. The van der Waals surface area contributed by atoms with Gasteiger partial charge in [-0.15, -0.1) is 0 Å². The number of ether oxygens (including phenoxy) is 2. The molecule has 0 radical (unpaired) electrons. The van der Waals surface area contributed by atoms with Gasteiger partial charge in [0, 0.05) is 13.5 Å². The fourth-order valence-corrected chi connectivity index (χ4v) is 4.51. The van der Waals surface area contributed by atoms with Crippen LogP contribution in [0.4, 0.5) is 31.1 Å². The molecule has 4 heterocycles. The first-order valence-corrected chi connectivity index (χ1v) is 13.2. The number of amides is 3. The second-order valence-electron chi connectivity index (χ2n) is 11.2. The fraction of sp³-hybridized carbons (Fsp3) is 0.600. The van der Waals surface area contributed by atoms with Crippen LogP contribution in [-0.2, 0) is 11.2 Å². The number of urea groups is 1. The largest absolute Gasteiger partial charge is 0.477 e. The zero-order valence-corrected chi connectivity index (χ0v) is 24.2. The summed E-state index contributed by atoms with van der Waals surface area (Å²) in [7, 11) is 2.47. The Kier molecular flexibility index (Phi) is 8.73. The smallest absolute Gasteiger partial charge is 0.413 e. The van der Waals surface area contributed by atoms with E-state index in [0.29, 0.717) is 5.56 Å². The summed E-state index contributed by atoms with van der Waals surface area (Å²) in [5.74, 6) is -1.06. The van der Waals surface area contributed by atoms with Gasteiger partial charge >= 0.3 is 18.4 Å². The Morgan fingerprint density at radius 3 is 2.50 bits per heavy atom. The lowest BCUT2D eigenvalue weighted by Gasteiger charge is -2.29. The molecule has 2 N–H and O–H groups in total. The van der Waals surface area contributed by atoms with E-state index in [2.05, 4.69) is 30.3 Å². The number of hydrogen-bond donors (Lipinski definition) is 2. The number of imidazole rings is 1. The molecule has 1 saturated heterocycles. The van der Waals surface area contributed by atoms with Crippen molar-refractivity contribution in [1.82, 2.24) is 40.4 Å². The number of hydrogen-bond acceptors (Lipinski definition) is 9. The molecule has 4 rings (SSSR count). The van der Waals surface area contributed by atoms with Crippen LogP contribution in [0.1, 0.15) is 61.4 Å². The third-order valence-electron chi connectivity index (χ3n) is 7.54. The molecule has 1 fully saturated rings. The van der Waals surface area contributed by atoms with Crippen LogP contribution in [0.3, 0.4) is 0 Å². The molecule has 3 amide bonds. The number of carbonyl (C=O) groups excluding carboxylic acids is 2. The Balaban J connectivity index is 1.59. The van der Waals surface area contributed by atoms with Gasteiger partial charge in [-0.3, -0.25) is 9.69 Å². The summed E-state index contributed by atoms with van der Waals surface area (Å²) in [4.78, 5) is 30.7. The van der Waals surface area contributed by atoms with Crippen LogP contribution in [0.2, 0.25) is 0 Å². The third kappa shape index (κ3) is 6.51. The van der Waals surface area contributed by atoms with Crippen molar-refractivity contribution >= 4 is 17.6 Å². The summed E-state index contributed by atoms with van der Waals surface area (Å²) in [5, 5.41) is 15.7. The highest BCUT2D eigenvalue weighted by atomic mass is 19.4. The maximum atomic E-state index is 13.6. The monoisotopic (exact) mass is 636 g/mol. The average Bonchev–Trinajstić information content (AvgIpc) is 3.65. The molecule has 44 heavy (non-hydrogen) atoms. The van der Waals surface area contributed by atoms with E-state index >= 15 is 0 Å². The summed E-state index contributed by atoms with van der Waals surface area (Å²) in [6.07, 6.45) is -8.12. The van der Waals surface area contributed by atoms with Gasteiger partial charge in [0.2, 0.25) is 5.69 Å². The van der Waals surface area contributed by atoms with Gasteiger partial charge < -0.3 is 20.1 Å². The predicted molar refractivity (Wildman–Crippen MR) is 137 cm³/mol. The van der Waals surface area contributed by atoms with Gasteiger partial charge in [-0.2, -0.15) is 31.4 Å². The number of rotatable bonds is 11. The zero-order valence-electron chi connectivity index (χ0n) is 24.2. The number of halogens is 6. The Labute approximate surface area is 246 Å². The van der Waals surface area contributed by atoms with Crippen molar-refractivity contribution in [2.75, 3.05) is 20.8 Å². The van der Waals surface area contributed by atoms with Crippen molar-refractivity contribution in [1.29, 1.82) is 0 Å². The normalized spacial score (nSPS) is 19.2. The van der Waals surface area contributed by atoms with E-state index in [4.69, 9.17) is 9.47 Å². The molecule has 1 aliphatic rings. The first-order valence-electron chi connectivity index (χ1n) is 13.2. The second-order valence-corrected chi connectivity index (χ2v) is 11.2. The molecule has 0 spiro atoms. The third-order valence-corrected chi connectivity index (χ3v) is 7.54. The summed E-state index contributed by atoms with van der Waals surface area (Å²) in [6, 6.07) is -0.466. The molecule has 0 aliphatic carbocycles. The highest BCUT2D eigenvalue weighted by Crippen LogP contribution is 2.42. The minimum absolute atomic E-state index is 0.0531. The van der Waals surface area contributed by atoms with Gasteiger partial charge in [0.05, 0.1) is 43.2 Å². The van der Waals surface area contributed by atoms with Crippen molar-refractivity contribution < 1.29 is 50.0 Å². The molecule has 0 saturated carbocycles. The van der Waals surface area contributed by atoms with Crippen LogP contribution in [0.5, 0.6) is 5.88 Å². The molecule has 0 aromatic carbocycles. The van der Waals surface area contributed by atoms with Crippen molar-refractivity contribution in [2.45, 2.75) is 70.2 Å². The van der Waals surface area contributed by atoms with Gasteiger partial charge in [0.1, 0.15) is 6.23 Å². The lowest BCUT2D eigenvalue weighted by Crippen LogP contribution is -2.53. The lowest BCUT2D eigenvalue weighted by atomic mass is 9.85. The van der Waals surface area contributed by atoms with Crippen molar-refractivity contribution in [2.24, 2.45) is 5.41 Å². The number of fused-ring (bicyclic) bond motifs is 1. The Bertz CT molecular complexity index is 1510. The molecule has 1 aliphatic heterocycles. The number of nitrogens with one attached hydrogen (secondary N) is 2. The SMILES string of the molecule is COc1nonc1C(=O)NC(CCC(C)(C)C(F)(F)F)c1cn2ncc(CC(OC)N3C[C@@](C)(C(F)(F)F)NC3=O)cc2n1. The molecule has 0 bridgehead atoms. The van der Waals surface area contributed by atoms with Gasteiger partial charge in [-0.1, -0.05) is 13.8 Å². The minimum atomic E-state index is -4.70. The fourth-order valence-electron chi connectivity index (χ4n) is 4.51. The molecule has 3 aromatic rings. The van der Waals surface area contributed by atoms with E-state index in [-0.39, 0.29) is 42.2 Å². The van der Waals surface area contributed by atoms with Crippen LogP contribution in [-0.4, -0.2) is 86.6 Å². The summed E-state index contributed by atoms with van der Waals surface area (Å²) < 4.78 is 97.4. The van der Waals surface area contributed by atoms with Crippen LogP contribution in [0.15, 0.2) is 23.1 Å². The van der Waals surface area contributed by atoms with E-state index in [1.54, 1.807) is 0 Å². The van der Waals surface area contributed by atoms with Gasteiger partial charge in [0.15, 0.2) is 11.2 Å². The van der Waals surface area contributed by atoms with Gasteiger partial charge in [-0.25, -0.2) is 18.9 Å². The average molecular weight is 637 g/mol. The number of methoxy groups -OCH3 is 2. The Morgan fingerprint density at radius 2 is 1.91 bits per heavy atom. The van der Waals surface area contributed by atoms with Gasteiger partial charge in [0.25, 0.3) is 11.8 Å². The minimum Gasteiger partial charge on any atom is -0.477 e. The quantitative estimate of drug-likeness (QED) is 0.300. The highest BCUT2D eigenvalue weighted by molar-refractivity contribution is 5.94. The van der Waals surface area contributed by atoms with Crippen LogP contribution < -0.4 is 15.4 Å². The number of alkyl halides is 6. The first-order chi connectivity index (χ1) is 20.4. The number of carbonyl (C=O) groups is 2. The summed E-state index contributed by atoms with van der Waals surface area (Å²) >= 11 is 0. The maximum Gasteiger partial charge on any atom is 0.413 e. The molecule has 2 unspecified atom stereocenters. The number of aromatic nitrogens is 5. The lowest BCUT2D eigenvalue weighted by molar-refractivity contribution is -0.214. The summed E-state index contributed by atoms with van der Waals surface area (Å²) in [5.41, 5.74) is -4.06. The predicted octanol–water partition coefficient (Wildman–Crippen LogP) is 3.82. The zero-order chi connectivity index (χ0) is 32.7. The molecule has 19 heteroatoms. The van der Waals surface area contributed by atoms with Crippen molar-refractivity contribution in [3.8, 4) is 5.88 Å². The Hall–Kier alpha value is -4.16. The topological polar surface area (TPSA) is 149 Å². The number of nitrogens with zero attached hydrogens (tertiary/aromatic N) is 6. The highest BCUT2D eigenvalue weighted by Gasteiger charge is 2.58. The molecule has 242 valence electrons. The first kappa shape index (κ1) is 32.7. The van der Waals surface area contributed by atoms with Crippen LogP contribution in [0.25, 0.3) is 5.65 Å². The van der Waals surface area contributed by atoms with E-state index in [1.807, 2.05) is 5.32 Å². The molecule has 3 atom stereocenters. The Morgan fingerprint density at radius 1 is 1.20 bits per heavy atom. The van der Waals surface area contributed by atoms with E-state index in [9.17, 15) is 35.9 Å². The van der Waals surface area contributed by atoms with E-state index < -0.39 is 54.1 Å². The molecule has 13 nitrogen and oxygen atoms in total. The van der Waals surface area contributed by atoms with Crippen LogP contribution >= 0.6 is 0 Å². The molecular formula is C25H30F6N8O5. The second kappa shape index (κ2) is 11.7. The van der Waals surface area contributed by atoms with E-state index in [0.717, 1.165) is 25.7 Å². The van der Waals surface area contributed by atoms with Crippen LogP contribution in [0, 0.1) is 5.41 Å². The van der Waals surface area contributed by atoms with Crippen molar-refractivity contribution in [3.05, 3.63) is 35.4 Å². The molecule has 3 aromatic heterocycles. The van der Waals surface area contributed by atoms with Gasteiger partial charge in [-0.05, 0) is 41.7 Å².